The van der Waals surface area contributed by atoms with Crippen molar-refractivity contribution in [1.29, 1.82) is 0 Å². The summed E-state index contributed by atoms with van der Waals surface area (Å²) in [6.45, 7) is 1.60. The second kappa shape index (κ2) is 3.20. The summed E-state index contributed by atoms with van der Waals surface area (Å²) < 4.78 is 5.02. The van der Waals surface area contributed by atoms with Gasteiger partial charge in [-0.15, -0.1) is 0 Å². The number of hydrogen-bond acceptors (Lipinski definition) is 4. The SMILES string of the molecule is Cc1ccc2c(=O)ccoc2c1[N+](=O)[O-]. The van der Waals surface area contributed by atoms with Gasteiger partial charge in [-0.3, -0.25) is 14.9 Å². The maximum absolute atomic E-state index is 11.4. The summed E-state index contributed by atoms with van der Waals surface area (Å²) >= 11 is 0. The van der Waals surface area contributed by atoms with Gasteiger partial charge in [-0.1, -0.05) is 6.07 Å². The van der Waals surface area contributed by atoms with Crippen LogP contribution in [0.1, 0.15) is 5.56 Å². The number of aryl methyl sites for hydroxylation is 1. The molecule has 0 spiro atoms. The first-order chi connectivity index (χ1) is 7.11. The number of rotatable bonds is 1. The van der Waals surface area contributed by atoms with Crippen LogP contribution in [-0.4, -0.2) is 4.92 Å². The van der Waals surface area contributed by atoms with E-state index in [0.717, 1.165) is 6.26 Å². The molecule has 5 heteroatoms. The molecule has 0 fully saturated rings. The Balaban J connectivity index is 3.01. The molecule has 1 heterocycles. The highest BCUT2D eigenvalue weighted by Gasteiger charge is 2.18. The number of fused-ring (bicyclic) bond motifs is 1. The normalized spacial score (nSPS) is 10.5. The van der Waals surface area contributed by atoms with Crippen LogP contribution in [-0.2, 0) is 0 Å². The average molecular weight is 205 g/mol. The molecule has 0 saturated heterocycles. The molecule has 0 saturated carbocycles. The molecule has 2 aromatic rings. The van der Waals surface area contributed by atoms with Gasteiger partial charge in [-0.05, 0) is 13.0 Å². The standard InChI is InChI=1S/C10H7NO4/c1-6-2-3-7-8(12)4-5-15-10(7)9(6)11(13)14/h2-5H,1H3. The lowest BCUT2D eigenvalue weighted by molar-refractivity contribution is -0.384. The molecule has 0 amide bonds. The molecule has 0 N–H and O–H groups in total. The molecule has 0 atom stereocenters. The first-order valence-electron chi connectivity index (χ1n) is 4.27. The van der Waals surface area contributed by atoms with Gasteiger partial charge in [0.05, 0.1) is 16.6 Å². The lowest BCUT2D eigenvalue weighted by Crippen LogP contribution is -2.01. The summed E-state index contributed by atoms with van der Waals surface area (Å²) in [4.78, 5) is 21.6. The van der Waals surface area contributed by atoms with Crippen molar-refractivity contribution in [3.05, 3.63) is 50.4 Å². The minimum Gasteiger partial charge on any atom is -0.457 e. The fourth-order valence-electron chi connectivity index (χ4n) is 1.46. The predicted molar refractivity (Wildman–Crippen MR) is 53.9 cm³/mol. The largest absolute Gasteiger partial charge is 0.457 e. The minimum atomic E-state index is -0.541. The van der Waals surface area contributed by atoms with Gasteiger partial charge in [0.15, 0.2) is 5.43 Å². The van der Waals surface area contributed by atoms with Crippen LogP contribution in [0.3, 0.4) is 0 Å². The zero-order chi connectivity index (χ0) is 11.0. The van der Waals surface area contributed by atoms with Crippen molar-refractivity contribution in [2.24, 2.45) is 0 Å². The number of benzene rings is 1. The highest BCUT2D eigenvalue weighted by Crippen LogP contribution is 2.26. The van der Waals surface area contributed by atoms with Gasteiger partial charge < -0.3 is 4.42 Å². The van der Waals surface area contributed by atoms with Crippen molar-refractivity contribution in [2.75, 3.05) is 0 Å². The van der Waals surface area contributed by atoms with E-state index in [0.29, 0.717) is 5.56 Å². The molecular weight excluding hydrogens is 198 g/mol. The van der Waals surface area contributed by atoms with Crippen LogP contribution in [0.2, 0.25) is 0 Å². The second-order valence-corrected chi connectivity index (χ2v) is 3.15. The zero-order valence-corrected chi connectivity index (χ0v) is 7.89. The van der Waals surface area contributed by atoms with Crippen LogP contribution >= 0.6 is 0 Å². The number of nitro groups is 1. The van der Waals surface area contributed by atoms with Crippen molar-refractivity contribution in [1.82, 2.24) is 0 Å². The molecule has 5 nitrogen and oxygen atoms in total. The van der Waals surface area contributed by atoms with Crippen LogP contribution in [0.15, 0.2) is 33.7 Å². The summed E-state index contributed by atoms with van der Waals surface area (Å²) in [7, 11) is 0. The molecule has 0 aliphatic rings. The monoisotopic (exact) mass is 205 g/mol. The maximum atomic E-state index is 11.4. The zero-order valence-electron chi connectivity index (χ0n) is 7.89. The van der Waals surface area contributed by atoms with Gasteiger partial charge in [-0.2, -0.15) is 0 Å². The Bertz CT molecular complexity index is 600. The average Bonchev–Trinajstić information content (AvgIpc) is 2.17. The Morgan fingerprint density at radius 3 is 2.73 bits per heavy atom. The van der Waals surface area contributed by atoms with E-state index in [9.17, 15) is 14.9 Å². The van der Waals surface area contributed by atoms with Crippen molar-refractivity contribution in [3.8, 4) is 0 Å². The van der Waals surface area contributed by atoms with E-state index in [4.69, 9.17) is 4.42 Å². The van der Waals surface area contributed by atoms with Crippen molar-refractivity contribution < 1.29 is 9.34 Å². The third kappa shape index (κ3) is 1.38. The van der Waals surface area contributed by atoms with E-state index >= 15 is 0 Å². The number of hydrogen-bond donors (Lipinski definition) is 0. The van der Waals surface area contributed by atoms with Gasteiger partial charge in [0.2, 0.25) is 5.58 Å². The van der Waals surface area contributed by atoms with Gasteiger partial charge in [0.25, 0.3) is 0 Å². The Hall–Kier alpha value is -2.17. The van der Waals surface area contributed by atoms with E-state index in [1.54, 1.807) is 6.92 Å². The Labute approximate surface area is 84.1 Å². The lowest BCUT2D eigenvalue weighted by Gasteiger charge is -1.99. The highest BCUT2D eigenvalue weighted by molar-refractivity contribution is 5.86. The molecular formula is C10H7NO4. The summed E-state index contributed by atoms with van der Waals surface area (Å²) in [5.74, 6) is 0. The molecule has 0 radical (unpaired) electrons. The number of nitro benzene ring substituents is 1. The van der Waals surface area contributed by atoms with E-state index in [-0.39, 0.29) is 22.1 Å². The van der Waals surface area contributed by atoms with Gasteiger partial charge in [0.1, 0.15) is 0 Å². The fourth-order valence-corrected chi connectivity index (χ4v) is 1.46. The summed E-state index contributed by atoms with van der Waals surface area (Å²) in [5, 5.41) is 11.0. The van der Waals surface area contributed by atoms with Crippen molar-refractivity contribution in [2.45, 2.75) is 6.92 Å². The molecule has 0 bridgehead atoms. The molecule has 76 valence electrons. The van der Waals surface area contributed by atoms with Crippen molar-refractivity contribution >= 4 is 16.7 Å². The van der Waals surface area contributed by atoms with Crippen LogP contribution in [0.25, 0.3) is 11.0 Å². The molecule has 1 aromatic heterocycles. The first-order valence-corrected chi connectivity index (χ1v) is 4.27. The van der Waals surface area contributed by atoms with Gasteiger partial charge in [-0.25, -0.2) is 0 Å². The highest BCUT2D eigenvalue weighted by atomic mass is 16.6. The summed E-state index contributed by atoms with van der Waals surface area (Å²) in [6.07, 6.45) is 1.16. The topological polar surface area (TPSA) is 73.3 Å². The Kier molecular flexibility index (Phi) is 2.00. The smallest absolute Gasteiger partial charge is 0.315 e. The third-order valence-corrected chi connectivity index (χ3v) is 2.19. The van der Waals surface area contributed by atoms with Gasteiger partial charge >= 0.3 is 5.69 Å². The Morgan fingerprint density at radius 1 is 1.33 bits per heavy atom. The number of nitrogens with zero attached hydrogens (tertiary/aromatic N) is 1. The Morgan fingerprint density at radius 2 is 2.07 bits per heavy atom. The summed E-state index contributed by atoms with van der Waals surface area (Å²) in [5.41, 5.74) is 0.0823. The predicted octanol–water partition coefficient (Wildman–Crippen LogP) is 2.01. The molecule has 15 heavy (non-hydrogen) atoms. The fraction of sp³-hybridized carbons (Fsp3) is 0.100. The van der Waals surface area contributed by atoms with Crippen LogP contribution < -0.4 is 5.43 Å². The van der Waals surface area contributed by atoms with Gasteiger partial charge in [0, 0.05) is 11.6 Å². The third-order valence-electron chi connectivity index (χ3n) is 2.19. The minimum absolute atomic E-state index is 0.0347. The molecule has 2 rings (SSSR count). The maximum Gasteiger partial charge on any atom is 0.315 e. The summed E-state index contributed by atoms with van der Waals surface area (Å²) in [6, 6.07) is 4.31. The lowest BCUT2D eigenvalue weighted by atomic mass is 10.1. The van der Waals surface area contributed by atoms with Crippen molar-refractivity contribution in [3.63, 3.8) is 0 Å². The van der Waals surface area contributed by atoms with E-state index in [2.05, 4.69) is 0 Å². The van der Waals surface area contributed by atoms with Crippen LogP contribution in [0, 0.1) is 17.0 Å². The second-order valence-electron chi connectivity index (χ2n) is 3.15. The first kappa shape index (κ1) is 9.39. The molecule has 0 aliphatic heterocycles. The van der Waals surface area contributed by atoms with Crippen LogP contribution in [0.4, 0.5) is 5.69 Å². The molecule has 0 aliphatic carbocycles. The van der Waals surface area contributed by atoms with Crippen LogP contribution in [0.5, 0.6) is 0 Å². The van der Waals surface area contributed by atoms with E-state index in [1.165, 1.54) is 18.2 Å². The quantitative estimate of drug-likeness (QED) is 0.527. The van der Waals surface area contributed by atoms with E-state index < -0.39 is 4.92 Å². The molecule has 0 unspecified atom stereocenters. The molecule has 1 aromatic carbocycles. The van der Waals surface area contributed by atoms with E-state index in [1.807, 2.05) is 0 Å².